The molecule has 0 aromatic carbocycles. The first-order valence-electron chi connectivity index (χ1n) is 7.27. The van der Waals surface area contributed by atoms with Gasteiger partial charge in [-0.05, 0) is 17.8 Å². The van der Waals surface area contributed by atoms with Crippen LogP contribution in [-0.2, 0) is 0 Å². The fourth-order valence-corrected chi connectivity index (χ4v) is 3.13. The summed E-state index contributed by atoms with van der Waals surface area (Å²) in [5.74, 6) is 3.09. The number of hydrogen-bond acceptors (Lipinski definition) is 0. The Bertz CT molecular complexity index is 150. The molecule has 3 atom stereocenters. The lowest BCUT2D eigenvalue weighted by Gasteiger charge is -2.31. The quantitative estimate of drug-likeness (QED) is 0.549. The highest BCUT2D eigenvalue weighted by Gasteiger charge is 2.22. The molecule has 1 saturated carbocycles. The molecule has 1 aliphatic rings. The predicted molar refractivity (Wildman–Crippen MR) is 69.0 cm³/mol. The largest absolute Gasteiger partial charge is 0.0651 e. The van der Waals surface area contributed by atoms with Gasteiger partial charge in [0.2, 0.25) is 0 Å². The van der Waals surface area contributed by atoms with Crippen LogP contribution in [0.2, 0.25) is 0 Å². The molecule has 1 aliphatic carbocycles. The highest BCUT2D eigenvalue weighted by Crippen LogP contribution is 2.35. The molecule has 0 aliphatic heterocycles. The Morgan fingerprint density at radius 3 is 2.33 bits per heavy atom. The maximum Gasteiger partial charge on any atom is -0.0386 e. The lowest BCUT2D eigenvalue weighted by molar-refractivity contribution is 0.210. The second-order valence-electron chi connectivity index (χ2n) is 5.66. The molecule has 0 N–H and O–H groups in total. The van der Waals surface area contributed by atoms with E-state index in [1.807, 2.05) is 0 Å². The minimum absolute atomic E-state index is 0.952. The molecule has 15 heavy (non-hydrogen) atoms. The van der Waals surface area contributed by atoms with Crippen LogP contribution in [0.3, 0.4) is 0 Å². The molecule has 90 valence electrons. The topological polar surface area (TPSA) is 0 Å². The SMILES string of the molecule is CCC(C)CCCC1CCCCC1CC. The number of rotatable bonds is 6. The molecular weight excluding hydrogens is 180 g/mol. The summed E-state index contributed by atoms with van der Waals surface area (Å²) in [6.07, 6.45) is 13.3. The summed E-state index contributed by atoms with van der Waals surface area (Å²) < 4.78 is 0. The zero-order valence-corrected chi connectivity index (χ0v) is 11.1. The van der Waals surface area contributed by atoms with Crippen molar-refractivity contribution in [3.05, 3.63) is 0 Å². The normalized spacial score (nSPS) is 29.0. The van der Waals surface area contributed by atoms with Crippen molar-refractivity contribution in [2.45, 2.75) is 78.6 Å². The summed E-state index contributed by atoms with van der Waals surface area (Å²) in [4.78, 5) is 0. The first kappa shape index (κ1) is 13.1. The van der Waals surface area contributed by atoms with Gasteiger partial charge in [-0.25, -0.2) is 0 Å². The van der Waals surface area contributed by atoms with Gasteiger partial charge in [0, 0.05) is 0 Å². The summed E-state index contributed by atoms with van der Waals surface area (Å²) in [6.45, 7) is 7.11. The van der Waals surface area contributed by atoms with Crippen molar-refractivity contribution in [2.24, 2.45) is 17.8 Å². The molecule has 0 heteroatoms. The van der Waals surface area contributed by atoms with Gasteiger partial charge in [0.15, 0.2) is 0 Å². The molecule has 1 rings (SSSR count). The number of hydrogen-bond donors (Lipinski definition) is 0. The maximum absolute atomic E-state index is 2.40. The van der Waals surface area contributed by atoms with Gasteiger partial charge in [-0.3, -0.25) is 0 Å². The second kappa shape index (κ2) is 7.30. The monoisotopic (exact) mass is 210 g/mol. The van der Waals surface area contributed by atoms with Gasteiger partial charge < -0.3 is 0 Å². The Morgan fingerprint density at radius 1 is 1.07 bits per heavy atom. The Kier molecular flexibility index (Phi) is 6.36. The van der Waals surface area contributed by atoms with E-state index in [4.69, 9.17) is 0 Å². The first-order chi connectivity index (χ1) is 7.27. The average molecular weight is 210 g/mol. The minimum atomic E-state index is 0.952. The molecule has 0 saturated heterocycles. The van der Waals surface area contributed by atoms with Crippen LogP contribution in [0.15, 0.2) is 0 Å². The third-order valence-corrected chi connectivity index (χ3v) is 4.56. The summed E-state index contributed by atoms with van der Waals surface area (Å²) in [5.41, 5.74) is 0. The smallest absolute Gasteiger partial charge is 0.0386 e. The minimum Gasteiger partial charge on any atom is -0.0651 e. The van der Waals surface area contributed by atoms with E-state index < -0.39 is 0 Å². The van der Waals surface area contributed by atoms with E-state index in [0.29, 0.717) is 0 Å². The molecule has 0 radical (unpaired) electrons. The highest BCUT2D eigenvalue weighted by atomic mass is 14.3. The third kappa shape index (κ3) is 4.57. The predicted octanol–water partition coefficient (Wildman–Crippen LogP) is 5.42. The molecule has 1 fully saturated rings. The molecule has 0 nitrogen and oxygen atoms in total. The summed E-state index contributed by atoms with van der Waals surface area (Å²) in [5, 5.41) is 0. The van der Waals surface area contributed by atoms with Crippen molar-refractivity contribution in [1.29, 1.82) is 0 Å². The van der Waals surface area contributed by atoms with Gasteiger partial charge in [-0.15, -0.1) is 0 Å². The van der Waals surface area contributed by atoms with Gasteiger partial charge in [-0.1, -0.05) is 78.6 Å². The molecule has 3 unspecified atom stereocenters. The van der Waals surface area contributed by atoms with E-state index in [0.717, 1.165) is 17.8 Å². The van der Waals surface area contributed by atoms with Crippen LogP contribution in [0, 0.1) is 17.8 Å². The molecule has 0 bridgehead atoms. The van der Waals surface area contributed by atoms with Crippen molar-refractivity contribution < 1.29 is 0 Å². The molecular formula is C15H30. The molecule has 0 aromatic heterocycles. The van der Waals surface area contributed by atoms with Crippen LogP contribution in [0.4, 0.5) is 0 Å². The molecule has 0 heterocycles. The van der Waals surface area contributed by atoms with E-state index in [1.54, 1.807) is 0 Å². The second-order valence-corrected chi connectivity index (χ2v) is 5.66. The summed E-state index contributed by atoms with van der Waals surface area (Å²) in [6, 6.07) is 0. The van der Waals surface area contributed by atoms with E-state index >= 15 is 0 Å². The van der Waals surface area contributed by atoms with Crippen LogP contribution < -0.4 is 0 Å². The van der Waals surface area contributed by atoms with Crippen LogP contribution >= 0.6 is 0 Å². The maximum atomic E-state index is 2.40. The molecule has 0 amide bonds. The van der Waals surface area contributed by atoms with Gasteiger partial charge in [-0.2, -0.15) is 0 Å². The van der Waals surface area contributed by atoms with Gasteiger partial charge in [0.25, 0.3) is 0 Å². The molecule has 0 aromatic rings. The average Bonchev–Trinajstić information content (AvgIpc) is 2.29. The van der Waals surface area contributed by atoms with Crippen molar-refractivity contribution >= 4 is 0 Å². The summed E-state index contributed by atoms with van der Waals surface area (Å²) >= 11 is 0. The Balaban J connectivity index is 2.17. The lowest BCUT2D eigenvalue weighted by Crippen LogP contribution is -2.18. The van der Waals surface area contributed by atoms with Gasteiger partial charge in [0.1, 0.15) is 0 Å². The highest BCUT2D eigenvalue weighted by molar-refractivity contribution is 4.74. The van der Waals surface area contributed by atoms with Crippen LogP contribution in [0.5, 0.6) is 0 Å². The summed E-state index contributed by atoms with van der Waals surface area (Å²) in [7, 11) is 0. The van der Waals surface area contributed by atoms with Crippen LogP contribution in [-0.4, -0.2) is 0 Å². The van der Waals surface area contributed by atoms with Gasteiger partial charge in [0.05, 0.1) is 0 Å². The Labute approximate surface area is 96.8 Å². The fourth-order valence-electron chi connectivity index (χ4n) is 3.13. The fraction of sp³-hybridized carbons (Fsp3) is 1.00. The lowest BCUT2D eigenvalue weighted by atomic mass is 9.75. The first-order valence-corrected chi connectivity index (χ1v) is 7.27. The van der Waals surface area contributed by atoms with Crippen molar-refractivity contribution in [2.75, 3.05) is 0 Å². The van der Waals surface area contributed by atoms with Crippen LogP contribution in [0.1, 0.15) is 78.6 Å². The van der Waals surface area contributed by atoms with Crippen LogP contribution in [0.25, 0.3) is 0 Å². The Morgan fingerprint density at radius 2 is 1.73 bits per heavy atom. The zero-order chi connectivity index (χ0) is 11.1. The Hall–Kier alpha value is 0. The van der Waals surface area contributed by atoms with E-state index in [1.165, 1.54) is 57.8 Å². The third-order valence-electron chi connectivity index (χ3n) is 4.56. The van der Waals surface area contributed by atoms with E-state index in [9.17, 15) is 0 Å². The van der Waals surface area contributed by atoms with Gasteiger partial charge >= 0.3 is 0 Å². The van der Waals surface area contributed by atoms with Crippen molar-refractivity contribution in [3.8, 4) is 0 Å². The van der Waals surface area contributed by atoms with Crippen molar-refractivity contribution in [3.63, 3.8) is 0 Å². The zero-order valence-electron chi connectivity index (χ0n) is 11.1. The van der Waals surface area contributed by atoms with E-state index in [-0.39, 0.29) is 0 Å². The van der Waals surface area contributed by atoms with E-state index in [2.05, 4.69) is 20.8 Å². The molecule has 0 spiro atoms. The van der Waals surface area contributed by atoms with Crippen molar-refractivity contribution in [1.82, 2.24) is 0 Å². The standard InChI is InChI=1S/C15H30/c1-4-13(3)9-8-12-15-11-7-6-10-14(15)5-2/h13-15H,4-12H2,1-3H3.